The van der Waals surface area contributed by atoms with Gasteiger partial charge in [0.05, 0.1) is 0 Å². The highest BCUT2D eigenvalue weighted by atomic mass is 79.9. The summed E-state index contributed by atoms with van der Waals surface area (Å²) in [5.74, 6) is 0.224. The van der Waals surface area contributed by atoms with Gasteiger partial charge in [-0.1, -0.05) is 35.8 Å². The third kappa shape index (κ3) is 3.41. The number of Topliss-reactive ketones (excluding diaryl/α,β-unsaturated/α-hetero) is 1. The maximum absolute atomic E-state index is 12.9. The molecule has 0 spiro atoms. The van der Waals surface area contributed by atoms with Gasteiger partial charge in [-0.15, -0.1) is 0 Å². The molecular formula is C13H16BrFO. The van der Waals surface area contributed by atoms with Crippen LogP contribution in [0.1, 0.15) is 26.3 Å². The van der Waals surface area contributed by atoms with Crippen molar-refractivity contribution in [2.75, 3.05) is 0 Å². The van der Waals surface area contributed by atoms with E-state index in [0.717, 1.165) is 10.0 Å². The molecule has 0 aliphatic rings. The minimum absolute atomic E-state index is 0.00163. The lowest BCUT2D eigenvalue weighted by Gasteiger charge is -2.18. The first-order valence-corrected chi connectivity index (χ1v) is 6.15. The summed E-state index contributed by atoms with van der Waals surface area (Å²) in [5.41, 5.74) is 0.982. The minimum atomic E-state index is -0.264. The van der Waals surface area contributed by atoms with E-state index >= 15 is 0 Å². The Kier molecular flexibility index (Phi) is 4.66. The Morgan fingerprint density at radius 2 is 2.06 bits per heavy atom. The average Bonchev–Trinajstić information content (AvgIpc) is 2.15. The topological polar surface area (TPSA) is 17.1 Å². The molecule has 0 fully saturated rings. The summed E-state index contributed by atoms with van der Waals surface area (Å²) in [7, 11) is 0. The smallest absolute Gasteiger partial charge is 0.133 e. The predicted molar refractivity (Wildman–Crippen MR) is 66.8 cm³/mol. The highest BCUT2D eigenvalue weighted by Crippen LogP contribution is 2.24. The number of benzene rings is 1. The van der Waals surface area contributed by atoms with Gasteiger partial charge < -0.3 is 0 Å². The summed E-state index contributed by atoms with van der Waals surface area (Å²) >= 11 is 3.32. The Morgan fingerprint density at radius 1 is 1.44 bits per heavy atom. The molecule has 1 aromatic rings. The Bertz CT molecular complexity index is 388. The minimum Gasteiger partial charge on any atom is -0.300 e. The van der Waals surface area contributed by atoms with Crippen molar-refractivity contribution >= 4 is 21.7 Å². The summed E-state index contributed by atoms with van der Waals surface area (Å²) in [6.07, 6.45) is 0.661. The third-order valence-corrected chi connectivity index (χ3v) is 3.52. The van der Waals surface area contributed by atoms with Gasteiger partial charge in [-0.25, -0.2) is 4.39 Å². The molecule has 88 valence electrons. The molecular weight excluding hydrogens is 271 g/mol. The largest absolute Gasteiger partial charge is 0.300 e. The molecule has 1 rings (SSSR count). The molecule has 3 heteroatoms. The first-order valence-electron chi connectivity index (χ1n) is 5.36. The monoisotopic (exact) mass is 286 g/mol. The van der Waals surface area contributed by atoms with Gasteiger partial charge in [-0.2, -0.15) is 0 Å². The van der Waals surface area contributed by atoms with Crippen LogP contribution in [0.2, 0.25) is 0 Å². The van der Waals surface area contributed by atoms with Gasteiger partial charge in [0, 0.05) is 10.4 Å². The zero-order chi connectivity index (χ0) is 12.3. The summed E-state index contributed by atoms with van der Waals surface area (Å²) < 4.78 is 13.6. The van der Waals surface area contributed by atoms with Gasteiger partial charge in [0.15, 0.2) is 0 Å². The zero-order valence-electron chi connectivity index (χ0n) is 9.76. The van der Waals surface area contributed by atoms with Gasteiger partial charge in [-0.05, 0) is 37.0 Å². The predicted octanol–water partition coefficient (Wildman–Crippen LogP) is 3.99. The maximum Gasteiger partial charge on any atom is 0.133 e. The number of rotatable bonds is 4. The molecule has 0 aromatic heterocycles. The zero-order valence-corrected chi connectivity index (χ0v) is 11.3. The lowest BCUT2D eigenvalue weighted by Crippen LogP contribution is -2.20. The van der Waals surface area contributed by atoms with Crippen molar-refractivity contribution in [3.63, 3.8) is 0 Å². The first kappa shape index (κ1) is 13.4. The van der Waals surface area contributed by atoms with Crippen LogP contribution in [0.3, 0.4) is 0 Å². The fourth-order valence-electron chi connectivity index (χ4n) is 1.77. The molecule has 1 atom stereocenters. The number of halogens is 2. The molecule has 0 heterocycles. The van der Waals surface area contributed by atoms with Crippen molar-refractivity contribution < 1.29 is 9.18 Å². The van der Waals surface area contributed by atoms with Gasteiger partial charge >= 0.3 is 0 Å². The van der Waals surface area contributed by atoms with Crippen molar-refractivity contribution in [1.82, 2.24) is 0 Å². The number of hydrogen-bond acceptors (Lipinski definition) is 1. The Labute approximate surface area is 104 Å². The van der Waals surface area contributed by atoms with Crippen LogP contribution in [0.25, 0.3) is 0 Å². The Balaban J connectivity index is 2.90. The SMILES string of the molecule is CC(=O)C(Cc1ccc(F)cc1Br)C(C)C. The van der Waals surface area contributed by atoms with E-state index in [4.69, 9.17) is 0 Å². The second kappa shape index (κ2) is 5.58. The highest BCUT2D eigenvalue weighted by Gasteiger charge is 2.19. The number of hydrogen-bond donors (Lipinski definition) is 0. The molecule has 0 bridgehead atoms. The fourth-order valence-corrected chi connectivity index (χ4v) is 2.29. The lowest BCUT2D eigenvalue weighted by atomic mass is 9.86. The lowest BCUT2D eigenvalue weighted by molar-refractivity contribution is -0.121. The van der Waals surface area contributed by atoms with Gasteiger partial charge in [0.25, 0.3) is 0 Å². The molecule has 0 saturated carbocycles. The van der Waals surface area contributed by atoms with Crippen molar-refractivity contribution in [3.05, 3.63) is 34.1 Å². The van der Waals surface area contributed by atoms with Crippen LogP contribution in [0.4, 0.5) is 4.39 Å². The van der Waals surface area contributed by atoms with Crippen LogP contribution in [-0.2, 0) is 11.2 Å². The molecule has 0 N–H and O–H groups in total. The van der Waals surface area contributed by atoms with Crippen LogP contribution < -0.4 is 0 Å². The van der Waals surface area contributed by atoms with Crippen molar-refractivity contribution in [3.8, 4) is 0 Å². The van der Waals surface area contributed by atoms with E-state index in [1.807, 2.05) is 13.8 Å². The number of carbonyl (C=O) groups is 1. The molecule has 0 amide bonds. The highest BCUT2D eigenvalue weighted by molar-refractivity contribution is 9.10. The van der Waals surface area contributed by atoms with E-state index in [1.165, 1.54) is 12.1 Å². The van der Waals surface area contributed by atoms with Crippen LogP contribution in [0, 0.1) is 17.7 Å². The fraction of sp³-hybridized carbons (Fsp3) is 0.462. The maximum atomic E-state index is 12.9. The quantitative estimate of drug-likeness (QED) is 0.818. The summed E-state index contributed by atoms with van der Waals surface area (Å²) in [5, 5.41) is 0. The molecule has 0 aliphatic carbocycles. The standard InChI is InChI=1S/C13H16BrFO/c1-8(2)12(9(3)16)6-10-4-5-11(15)7-13(10)14/h4-5,7-8,12H,6H2,1-3H3. The molecule has 1 nitrogen and oxygen atoms in total. The Morgan fingerprint density at radius 3 is 2.50 bits per heavy atom. The van der Waals surface area contributed by atoms with Crippen molar-refractivity contribution in [2.24, 2.45) is 11.8 Å². The van der Waals surface area contributed by atoms with Gasteiger partial charge in [0.1, 0.15) is 11.6 Å². The number of carbonyl (C=O) groups excluding carboxylic acids is 1. The van der Waals surface area contributed by atoms with E-state index in [0.29, 0.717) is 12.3 Å². The van der Waals surface area contributed by atoms with E-state index in [9.17, 15) is 9.18 Å². The molecule has 0 aliphatic heterocycles. The summed E-state index contributed by atoms with van der Waals surface area (Å²) in [6, 6.07) is 4.60. The van der Waals surface area contributed by atoms with Gasteiger partial charge in [0.2, 0.25) is 0 Å². The van der Waals surface area contributed by atoms with Gasteiger partial charge in [-0.3, -0.25) is 4.79 Å². The number of ketones is 1. The second-order valence-electron chi connectivity index (χ2n) is 4.40. The summed E-state index contributed by atoms with van der Waals surface area (Å²) in [4.78, 5) is 11.5. The molecule has 0 saturated heterocycles. The van der Waals surface area contributed by atoms with Crippen LogP contribution >= 0.6 is 15.9 Å². The van der Waals surface area contributed by atoms with Crippen LogP contribution in [0.15, 0.2) is 22.7 Å². The molecule has 1 unspecified atom stereocenters. The summed E-state index contributed by atoms with van der Waals surface area (Å²) in [6.45, 7) is 5.68. The third-order valence-electron chi connectivity index (χ3n) is 2.78. The molecule has 1 aromatic carbocycles. The van der Waals surface area contributed by atoms with E-state index in [2.05, 4.69) is 15.9 Å². The van der Waals surface area contributed by atoms with Crippen LogP contribution in [0.5, 0.6) is 0 Å². The molecule has 0 radical (unpaired) electrons. The van der Waals surface area contributed by atoms with E-state index in [1.54, 1.807) is 13.0 Å². The molecule has 16 heavy (non-hydrogen) atoms. The van der Waals surface area contributed by atoms with Crippen LogP contribution in [-0.4, -0.2) is 5.78 Å². The Hall–Kier alpha value is -0.700. The van der Waals surface area contributed by atoms with Crippen molar-refractivity contribution in [2.45, 2.75) is 27.2 Å². The second-order valence-corrected chi connectivity index (χ2v) is 5.26. The average molecular weight is 287 g/mol. The van der Waals surface area contributed by atoms with E-state index < -0.39 is 0 Å². The first-order chi connectivity index (χ1) is 7.41. The van der Waals surface area contributed by atoms with Crippen molar-refractivity contribution in [1.29, 1.82) is 0 Å². The normalized spacial score (nSPS) is 12.9. The van der Waals surface area contributed by atoms with E-state index in [-0.39, 0.29) is 17.5 Å².